The minimum Gasteiger partial charge on any atom is -0.369 e. The van der Waals surface area contributed by atoms with Crippen molar-refractivity contribution in [3.8, 4) is 11.8 Å². The topological polar surface area (TPSA) is 57.6 Å². The summed E-state index contributed by atoms with van der Waals surface area (Å²) in [6, 6.07) is 24.9. The van der Waals surface area contributed by atoms with Gasteiger partial charge in [0.1, 0.15) is 0 Å². The molecule has 0 spiro atoms. The second kappa shape index (κ2) is 9.76. The van der Waals surface area contributed by atoms with Gasteiger partial charge in [-0.25, -0.2) is 8.42 Å². The normalized spacial score (nSPS) is 11.6. The fraction of sp³-hybridized carbons (Fsp3) is 0.154. The highest BCUT2D eigenvalue weighted by atomic mass is 32.2. The lowest BCUT2D eigenvalue weighted by molar-refractivity contribution is 0.145. The maximum Gasteiger partial charge on any atom is 0.244 e. The van der Waals surface area contributed by atoms with Crippen LogP contribution in [0.2, 0.25) is 0 Å². The molecule has 5 heteroatoms. The van der Waals surface area contributed by atoms with Gasteiger partial charge in [-0.05, 0) is 19.1 Å². The highest BCUT2D eigenvalue weighted by Gasteiger charge is 2.29. The van der Waals surface area contributed by atoms with Gasteiger partial charge in [-0.15, -0.1) is 6.58 Å². The molecule has 0 fully saturated rings. The maximum absolute atomic E-state index is 13.1. The van der Waals surface area contributed by atoms with Crippen LogP contribution in [0.25, 0.3) is 0 Å². The molecular weight excluding hydrogens is 406 g/mol. The molecule has 0 aliphatic carbocycles. The Hall–Kier alpha value is -3.17. The Morgan fingerprint density at radius 1 is 0.935 bits per heavy atom. The molecule has 4 nitrogen and oxygen atoms in total. The maximum atomic E-state index is 13.1. The second-order valence-corrected chi connectivity index (χ2v) is 9.08. The summed E-state index contributed by atoms with van der Waals surface area (Å²) in [5.74, 6) is 5.81. The molecule has 3 rings (SSSR count). The molecule has 1 N–H and O–H groups in total. The van der Waals surface area contributed by atoms with E-state index in [-0.39, 0.29) is 18.0 Å². The zero-order chi connectivity index (χ0) is 22.3. The van der Waals surface area contributed by atoms with Crippen molar-refractivity contribution < 1.29 is 13.5 Å². The van der Waals surface area contributed by atoms with Crippen LogP contribution in [0, 0.1) is 18.8 Å². The Morgan fingerprint density at radius 3 is 1.94 bits per heavy atom. The molecule has 0 saturated carbocycles. The molecule has 0 atom stereocenters. The smallest absolute Gasteiger partial charge is 0.244 e. The van der Waals surface area contributed by atoms with Crippen LogP contribution >= 0.6 is 0 Å². The molecule has 0 heterocycles. The summed E-state index contributed by atoms with van der Waals surface area (Å²) >= 11 is 0. The fourth-order valence-electron chi connectivity index (χ4n) is 3.18. The minimum atomic E-state index is -3.75. The summed E-state index contributed by atoms with van der Waals surface area (Å²) in [4.78, 5) is 0.197. The quantitative estimate of drug-likeness (QED) is 0.452. The lowest BCUT2D eigenvalue weighted by atomic mass is 9.87. The van der Waals surface area contributed by atoms with E-state index in [1.54, 1.807) is 48.5 Å². The zero-order valence-corrected chi connectivity index (χ0v) is 18.2. The third kappa shape index (κ3) is 5.12. The number of aryl methyl sites for hydroxylation is 1. The third-order valence-electron chi connectivity index (χ3n) is 4.90. The number of hydrogen-bond donors (Lipinski definition) is 1. The van der Waals surface area contributed by atoms with Crippen molar-refractivity contribution in [1.82, 2.24) is 4.31 Å². The van der Waals surface area contributed by atoms with Crippen molar-refractivity contribution in [1.29, 1.82) is 0 Å². The molecule has 0 aromatic heterocycles. The number of hydrogen-bond acceptors (Lipinski definition) is 3. The van der Waals surface area contributed by atoms with E-state index in [9.17, 15) is 13.5 Å². The van der Waals surface area contributed by atoms with E-state index in [0.29, 0.717) is 11.1 Å². The summed E-state index contributed by atoms with van der Waals surface area (Å²) in [6.07, 6.45) is 1.52. The van der Waals surface area contributed by atoms with Gasteiger partial charge in [0.05, 0.1) is 11.4 Å². The Morgan fingerprint density at radius 2 is 1.45 bits per heavy atom. The van der Waals surface area contributed by atoms with E-state index in [1.165, 1.54) is 10.4 Å². The fourth-order valence-corrected chi connectivity index (χ4v) is 4.49. The van der Waals surface area contributed by atoms with Crippen LogP contribution in [0.1, 0.15) is 16.7 Å². The van der Waals surface area contributed by atoms with Gasteiger partial charge in [-0.1, -0.05) is 96.3 Å². The number of benzene rings is 3. The van der Waals surface area contributed by atoms with Crippen LogP contribution in [0.15, 0.2) is 102 Å². The molecule has 3 aromatic rings. The number of rotatable bonds is 7. The van der Waals surface area contributed by atoms with Crippen molar-refractivity contribution in [2.24, 2.45) is 0 Å². The summed E-state index contributed by atoms with van der Waals surface area (Å²) < 4.78 is 27.4. The van der Waals surface area contributed by atoms with Gasteiger partial charge in [0.25, 0.3) is 0 Å². The molecule has 0 aliphatic rings. The zero-order valence-electron chi connectivity index (χ0n) is 17.4. The first-order valence-electron chi connectivity index (χ1n) is 9.89. The van der Waals surface area contributed by atoms with E-state index in [4.69, 9.17) is 0 Å². The van der Waals surface area contributed by atoms with Crippen molar-refractivity contribution in [3.63, 3.8) is 0 Å². The minimum absolute atomic E-state index is 0.0792. The standard InChI is InChI=1S/C26H25NO3S/c1-3-20-27(31(29,30)25-17-15-22(2)16-18-25)21-10-19-26(28,23-11-6-4-7-12-23)24-13-8-5-9-14-24/h3-9,11-18,28H,1,20-21H2,2H3. The SMILES string of the molecule is C=CCN(CC#CC(O)(c1ccccc1)c1ccccc1)S(=O)(=O)c1ccc(C)cc1. The predicted octanol–water partition coefficient (Wildman–Crippen LogP) is 4.11. The lowest BCUT2D eigenvalue weighted by Crippen LogP contribution is -2.32. The van der Waals surface area contributed by atoms with Crippen molar-refractivity contribution in [2.75, 3.05) is 13.1 Å². The summed E-state index contributed by atoms with van der Waals surface area (Å²) in [5.41, 5.74) is 0.649. The second-order valence-electron chi connectivity index (χ2n) is 7.14. The summed E-state index contributed by atoms with van der Waals surface area (Å²) in [7, 11) is -3.75. The monoisotopic (exact) mass is 431 g/mol. The van der Waals surface area contributed by atoms with E-state index in [0.717, 1.165) is 5.56 Å². The average Bonchev–Trinajstić information content (AvgIpc) is 2.80. The Kier molecular flexibility index (Phi) is 7.09. The first kappa shape index (κ1) is 22.5. The highest BCUT2D eigenvalue weighted by molar-refractivity contribution is 7.89. The lowest BCUT2D eigenvalue weighted by Gasteiger charge is -2.24. The molecule has 0 bridgehead atoms. The van der Waals surface area contributed by atoms with Gasteiger partial charge < -0.3 is 5.11 Å². The number of sulfonamides is 1. The predicted molar refractivity (Wildman–Crippen MR) is 124 cm³/mol. The van der Waals surface area contributed by atoms with Gasteiger partial charge >= 0.3 is 0 Å². The first-order valence-corrected chi connectivity index (χ1v) is 11.3. The molecule has 0 unspecified atom stereocenters. The van der Waals surface area contributed by atoms with Crippen molar-refractivity contribution in [3.05, 3.63) is 114 Å². The number of nitrogens with zero attached hydrogens (tertiary/aromatic N) is 1. The van der Waals surface area contributed by atoms with E-state index < -0.39 is 15.6 Å². The van der Waals surface area contributed by atoms with E-state index in [1.807, 2.05) is 43.3 Å². The largest absolute Gasteiger partial charge is 0.369 e. The molecule has 0 radical (unpaired) electrons. The van der Waals surface area contributed by atoms with Gasteiger partial charge in [0.2, 0.25) is 10.0 Å². The third-order valence-corrected chi connectivity index (χ3v) is 6.73. The number of aliphatic hydroxyl groups is 1. The Balaban J connectivity index is 1.96. The van der Waals surface area contributed by atoms with Gasteiger partial charge in [-0.2, -0.15) is 4.31 Å². The van der Waals surface area contributed by atoms with Gasteiger partial charge in [0.15, 0.2) is 5.60 Å². The highest BCUT2D eigenvalue weighted by Crippen LogP contribution is 2.28. The van der Waals surface area contributed by atoms with E-state index >= 15 is 0 Å². The Labute approximate surface area is 184 Å². The average molecular weight is 432 g/mol. The van der Waals surface area contributed by atoms with Gasteiger partial charge in [0, 0.05) is 17.7 Å². The van der Waals surface area contributed by atoms with Gasteiger partial charge in [-0.3, -0.25) is 0 Å². The van der Waals surface area contributed by atoms with Crippen LogP contribution in [-0.4, -0.2) is 30.9 Å². The van der Waals surface area contributed by atoms with Crippen molar-refractivity contribution in [2.45, 2.75) is 17.4 Å². The van der Waals surface area contributed by atoms with Crippen LogP contribution in [0.3, 0.4) is 0 Å². The van der Waals surface area contributed by atoms with Crippen LogP contribution < -0.4 is 0 Å². The summed E-state index contributed by atoms with van der Waals surface area (Å²) in [6.45, 7) is 5.60. The van der Waals surface area contributed by atoms with Crippen molar-refractivity contribution >= 4 is 10.0 Å². The van der Waals surface area contributed by atoms with Crippen LogP contribution in [-0.2, 0) is 15.6 Å². The molecule has 0 saturated heterocycles. The van der Waals surface area contributed by atoms with E-state index in [2.05, 4.69) is 18.4 Å². The first-order chi connectivity index (χ1) is 14.9. The Bertz CT molecular complexity index is 1140. The molecule has 0 aliphatic heterocycles. The van der Waals surface area contributed by atoms with Crippen LogP contribution in [0.4, 0.5) is 0 Å². The molecule has 31 heavy (non-hydrogen) atoms. The summed E-state index contributed by atoms with van der Waals surface area (Å²) in [5, 5.41) is 11.5. The van der Waals surface area contributed by atoms with Crippen LogP contribution in [0.5, 0.6) is 0 Å². The molecule has 0 amide bonds. The molecular formula is C26H25NO3S. The molecule has 3 aromatic carbocycles. The molecule has 158 valence electrons.